The SMILES string of the molecule is CC(C)c1cc(-c2ccccc2OCCCOc2ccccc2-c2cc(C(C)(C)C)cc(-c3c4ccccc4cc4ccccc34)c2O)c(O)c(-c2c3ccccc3cc3ccccc23)c1. The molecular formula is C62H54O4. The van der Waals surface area contributed by atoms with Crippen LogP contribution < -0.4 is 9.47 Å². The molecule has 0 bridgehead atoms. The Morgan fingerprint density at radius 2 is 0.758 bits per heavy atom. The summed E-state index contributed by atoms with van der Waals surface area (Å²) in [6, 6.07) is 62.6. The molecule has 0 atom stereocenters. The van der Waals surface area contributed by atoms with E-state index in [1.54, 1.807) is 0 Å². The van der Waals surface area contributed by atoms with Crippen LogP contribution in [0.5, 0.6) is 23.0 Å². The predicted octanol–water partition coefficient (Wildman–Crippen LogP) is 16.6. The molecule has 0 spiro atoms. The van der Waals surface area contributed by atoms with Gasteiger partial charge in [-0.1, -0.05) is 168 Å². The van der Waals surface area contributed by atoms with Gasteiger partial charge < -0.3 is 19.7 Å². The molecule has 0 amide bonds. The van der Waals surface area contributed by atoms with Crippen LogP contribution in [0, 0.1) is 0 Å². The summed E-state index contributed by atoms with van der Waals surface area (Å²) in [5, 5.41) is 33.7. The Morgan fingerprint density at radius 3 is 1.18 bits per heavy atom. The standard InChI is InChI=1S/C62H54O4/c1-39(2)44-35-52(60(63)54(36-44)58-46-23-10-6-19-40(46)33-41-20-7-11-24-47(41)58)50-27-14-16-29-56(50)65-31-18-32-66-57-30-17-15-28-51(57)53-37-45(62(3,4)5)38-55(61(53)64)59-48-25-12-8-21-42(48)34-43-22-9-13-26-49(43)59/h6-17,19-30,33-39,63-64H,18,31-32H2,1-5H3. The number of aromatic hydroxyl groups is 2. The van der Waals surface area contributed by atoms with E-state index in [1.165, 1.54) is 0 Å². The Balaban J connectivity index is 0.949. The zero-order valence-electron chi connectivity index (χ0n) is 38.2. The molecule has 2 N–H and O–H groups in total. The number of rotatable bonds is 11. The van der Waals surface area contributed by atoms with E-state index >= 15 is 0 Å². The Hall–Kier alpha value is -7.56. The molecule has 10 aromatic rings. The van der Waals surface area contributed by atoms with Crippen LogP contribution in [-0.2, 0) is 5.41 Å². The smallest absolute Gasteiger partial charge is 0.131 e. The summed E-state index contributed by atoms with van der Waals surface area (Å²) in [4.78, 5) is 0. The summed E-state index contributed by atoms with van der Waals surface area (Å²) in [5.41, 5.74) is 8.84. The topological polar surface area (TPSA) is 58.9 Å². The lowest BCUT2D eigenvalue weighted by atomic mass is 9.81. The van der Waals surface area contributed by atoms with Gasteiger partial charge in [-0.05, 0) is 114 Å². The van der Waals surface area contributed by atoms with Gasteiger partial charge in [0, 0.05) is 50.9 Å². The van der Waals surface area contributed by atoms with Gasteiger partial charge in [0.05, 0.1) is 13.2 Å². The summed E-state index contributed by atoms with van der Waals surface area (Å²) in [7, 11) is 0. The number of hydrogen-bond donors (Lipinski definition) is 2. The van der Waals surface area contributed by atoms with Crippen molar-refractivity contribution in [2.45, 2.75) is 52.4 Å². The van der Waals surface area contributed by atoms with E-state index in [4.69, 9.17) is 9.47 Å². The summed E-state index contributed by atoms with van der Waals surface area (Å²) < 4.78 is 13.1. The van der Waals surface area contributed by atoms with Gasteiger partial charge in [0.1, 0.15) is 23.0 Å². The molecule has 0 heterocycles. The van der Waals surface area contributed by atoms with Crippen molar-refractivity contribution >= 4 is 43.1 Å². The van der Waals surface area contributed by atoms with Crippen molar-refractivity contribution in [3.8, 4) is 67.5 Å². The summed E-state index contributed by atoms with van der Waals surface area (Å²) in [5.74, 6) is 2.06. The third-order valence-corrected chi connectivity index (χ3v) is 13.0. The van der Waals surface area contributed by atoms with Crippen molar-refractivity contribution in [1.29, 1.82) is 0 Å². The highest BCUT2D eigenvalue weighted by molar-refractivity contribution is 6.15. The van der Waals surface area contributed by atoms with E-state index < -0.39 is 0 Å². The van der Waals surface area contributed by atoms with E-state index in [9.17, 15) is 10.2 Å². The second-order valence-electron chi connectivity index (χ2n) is 18.7. The fourth-order valence-corrected chi connectivity index (χ4v) is 9.51. The molecule has 0 saturated heterocycles. The van der Waals surface area contributed by atoms with Crippen LogP contribution in [0.25, 0.3) is 87.6 Å². The Kier molecular flexibility index (Phi) is 11.2. The fourth-order valence-electron chi connectivity index (χ4n) is 9.51. The minimum absolute atomic E-state index is 0.195. The molecule has 10 aromatic carbocycles. The monoisotopic (exact) mass is 862 g/mol. The highest BCUT2D eigenvalue weighted by atomic mass is 16.5. The van der Waals surface area contributed by atoms with Crippen LogP contribution in [0.3, 0.4) is 0 Å². The maximum atomic E-state index is 12.4. The molecule has 10 rings (SSSR count). The van der Waals surface area contributed by atoms with Crippen LogP contribution in [0.4, 0.5) is 0 Å². The predicted molar refractivity (Wildman–Crippen MR) is 276 cm³/mol. The quantitative estimate of drug-likeness (QED) is 0.100. The largest absolute Gasteiger partial charge is 0.507 e. The Bertz CT molecular complexity index is 3340. The number of benzene rings is 10. The molecule has 0 aliphatic rings. The maximum absolute atomic E-state index is 12.4. The molecule has 326 valence electrons. The lowest BCUT2D eigenvalue weighted by molar-refractivity contribution is 0.248. The van der Waals surface area contributed by atoms with Crippen molar-refractivity contribution in [3.63, 3.8) is 0 Å². The van der Waals surface area contributed by atoms with E-state index in [0.717, 1.165) is 98.7 Å². The normalized spacial score (nSPS) is 11.8. The van der Waals surface area contributed by atoms with Gasteiger partial charge in [-0.2, -0.15) is 0 Å². The fraction of sp³-hybridized carbons (Fsp3) is 0.161. The van der Waals surface area contributed by atoms with E-state index in [2.05, 4.69) is 168 Å². The van der Waals surface area contributed by atoms with Crippen molar-refractivity contribution in [2.75, 3.05) is 13.2 Å². The highest BCUT2D eigenvalue weighted by Gasteiger charge is 2.25. The van der Waals surface area contributed by atoms with Crippen LogP contribution in [0.1, 0.15) is 58.1 Å². The number of fused-ring (bicyclic) bond motifs is 4. The number of hydrogen-bond acceptors (Lipinski definition) is 4. The lowest BCUT2D eigenvalue weighted by Crippen LogP contribution is -2.11. The first kappa shape index (κ1) is 42.4. The molecule has 0 saturated carbocycles. The summed E-state index contributed by atoms with van der Waals surface area (Å²) >= 11 is 0. The minimum atomic E-state index is -0.195. The molecule has 0 radical (unpaired) electrons. The van der Waals surface area contributed by atoms with E-state index in [1.807, 2.05) is 48.5 Å². The first-order chi connectivity index (χ1) is 32.0. The van der Waals surface area contributed by atoms with Crippen molar-refractivity contribution in [1.82, 2.24) is 0 Å². The number of para-hydroxylation sites is 2. The number of ether oxygens (including phenoxy) is 2. The van der Waals surface area contributed by atoms with Gasteiger partial charge in [-0.25, -0.2) is 0 Å². The first-order valence-electron chi connectivity index (χ1n) is 23.1. The summed E-state index contributed by atoms with van der Waals surface area (Å²) in [6.07, 6.45) is 0.606. The van der Waals surface area contributed by atoms with Gasteiger partial charge in [0.2, 0.25) is 0 Å². The second kappa shape index (κ2) is 17.4. The minimum Gasteiger partial charge on any atom is -0.507 e. The lowest BCUT2D eigenvalue weighted by Gasteiger charge is -2.24. The van der Waals surface area contributed by atoms with Crippen LogP contribution in [0.2, 0.25) is 0 Å². The van der Waals surface area contributed by atoms with Crippen molar-refractivity contribution in [3.05, 3.63) is 193 Å². The van der Waals surface area contributed by atoms with E-state index in [0.29, 0.717) is 31.1 Å². The van der Waals surface area contributed by atoms with Crippen LogP contribution in [0.15, 0.2) is 182 Å². The number of phenolic OH excluding ortho intramolecular Hbond substituents is 2. The van der Waals surface area contributed by atoms with Gasteiger partial charge in [0.25, 0.3) is 0 Å². The number of phenols is 2. The van der Waals surface area contributed by atoms with Gasteiger partial charge in [-0.3, -0.25) is 0 Å². The molecule has 0 aliphatic carbocycles. The average molecular weight is 863 g/mol. The highest BCUT2D eigenvalue weighted by Crippen LogP contribution is 2.50. The van der Waals surface area contributed by atoms with Crippen molar-refractivity contribution < 1.29 is 19.7 Å². The Morgan fingerprint density at radius 1 is 0.409 bits per heavy atom. The molecule has 4 heteroatoms. The molecule has 4 nitrogen and oxygen atoms in total. The first-order valence-corrected chi connectivity index (χ1v) is 23.1. The molecule has 0 aromatic heterocycles. The molecule has 0 unspecified atom stereocenters. The average Bonchev–Trinajstić information content (AvgIpc) is 3.32. The molecule has 0 fully saturated rings. The molecule has 0 aliphatic heterocycles. The van der Waals surface area contributed by atoms with Gasteiger partial charge in [-0.15, -0.1) is 0 Å². The van der Waals surface area contributed by atoms with Gasteiger partial charge in [0.15, 0.2) is 0 Å². The zero-order chi connectivity index (χ0) is 45.5. The third kappa shape index (κ3) is 7.87. The Labute approximate surface area is 387 Å². The molecule has 66 heavy (non-hydrogen) atoms. The molecular weight excluding hydrogens is 809 g/mol. The van der Waals surface area contributed by atoms with Crippen molar-refractivity contribution in [2.24, 2.45) is 0 Å². The van der Waals surface area contributed by atoms with Crippen LogP contribution in [-0.4, -0.2) is 23.4 Å². The summed E-state index contributed by atoms with van der Waals surface area (Å²) in [6.45, 7) is 11.8. The van der Waals surface area contributed by atoms with Crippen LogP contribution >= 0.6 is 0 Å². The van der Waals surface area contributed by atoms with E-state index in [-0.39, 0.29) is 22.8 Å². The third-order valence-electron chi connectivity index (χ3n) is 13.0. The zero-order valence-corrected chi connectivity index (χ0v) is 38.2. The van der Waals surface area contributed by atoms with Gasteiger partial charge >= 0.3 is 0 Å². The second-order valence-corrected chi connectivity index (χ2v) is 18.7. The maximum Gasteiger partial charge on any atom is 0.131 e.